The van der Waals surface area contributed by atoms with Gasteiger partial charge < -0.3 is 0 Å². The summed E-state index contributed by atoms with van der Waals surface area (Å²) in [7, 11) is 0. The summed E-state index contributed by atoms with van der Waals surface area (Å²) in [5.41, 5.74) is 14.1. The molecule has 5 heteroatoms. The van der Waals surface area contributed by atoms with Gasteiger partial charge in [0, 0.05) is 46.8 Å². The van der Waals surface area contributed by atoms with E-state index < -0.39 is 0 Å². The van der Waals surface area contributed by atoms with Gasteiger partial charge in [0.1, 0.15) is 6.04 Å². The van der Waals surface area contributed by atoms with Gasteiger partial charge in [-0.1, -0.05) is 85.8 Å². The van der Waals surface area contributed by atoms with Crippen molar-refractivity contribution in [2.75, 3.05) is 0 Å². The van der Waals surface area contributed by atoms with Crippen LogP contribution in [-0.4, -0.2) is 26.9 Å². The van der Waals surface area contributed by atoms with Crippen molar-refractivity contribution in [1.82, 2.24) is 15.0 Å². The van der Waals surface area contributed by atoms with E-state index in [1.54, 1.807) is 0 Å². The van der Waals surface area contributed by atoms with Crippen molar-refractivity contribution < 1.29 is 0 Å². The van der Waals surface area contributed by atoms with Gasteiger partial charge in [0.15, 0.2) is 0 Å². The molecule has 0 bridgehead atoms. The summed E-state index contributed by atoms with van der Waals surface area (Å²) in [4.78, 5) is 24.2. The van der Waals surface area contributed by atoms with Crippen LogP contribution in [0.15, 0.2) is 138 Å². The SMILES string of the molecule is CC1CC(c2ccncc2)=Nc2cc(-c3ccc4ccc(-c5ccc(-c6ccc7c(n6)C6N=CC=CC6C=C7)cc5)cc4n3)ccc21. The summed E-state index contributed by atoms with van der Waals surface area (Å²) < 4.78 is 0. The van der Waals surface area contributed by atoms with E-state index in [-0.39, 0.29) is 12.0 Å². The summed E-state index contributed by atoms with van der Waals surface area (Å²) in [6.45, 7) is 2.27. The molecule has 0 radical (unpaired) electrons. The minimum atomic E-state index is 0.0522. The molecule has 3 aromatic carbocycles. The fourth-order valence-corrected chi connectivity index (χ4v) is 7.01. The molecule has 3 aliphatic rings. The number of hydrogen-bond acceptors (Lipinski definition) is 5. The smallest absolute Gasteiger partial charge is 0.102 e. The predicted molar refractivity (Wildman–Crippen MR) is 192 cm³/mol. The molecule has 1 aliphatic carbocycles. The fourth-order valence-electron chi connectivity index (χ4n) is 7.01. The Morgan fingerprint density at radius 1 is 0.660 bits per heavy atom. The Labute approximate surface area is 273 Å². The highest BCUT2D eigenvalue weighted by atomic mass is 14.9. The molecule has 9 rings (SSSR count). The molecule has 0 amide bonds. The molecule has 0 fully saturated rings. The van der Waals surface area contributed by atoms with Gasteiger partial charge in [-0.05, 0) is 82.6 Å². The van der Waals surface area contributed by atoms with Crippen LogP contribution in [0.1, 0.15) is 47.7 Å². The molecule has 47 heavy (non-hydrogen) atoms. The highest BCUT2D eigenvalue weighted by Gasteiger charge is 2.27. The van der Waals surface area contributed by atoms with Gasteiger partial charge in [0.05, 0.1) is 28.3 Å². The fraction of sp³-hybridized carbons (Fsp3) is 0.119. The summed E-state index contributed by atoms with van der Waals surface area (Å²) in [5, 5.41) is 1.12. The topological polar surface area (TPSA) is 63.4 Å². The molecule has 3 unspecified atom stereocenters. The highest BCUT2D eigenvalue weighted by molar-refractivity contribution is 6.04. The second-order valence-electron chi connectivity index (χ2n) is 12.6. The maximum atomic E-state index is 5.13. The molecule has 3 atom stereocenters. The first kappa shape index (κ1) is 27.5. The van der Waals surface area contributed by atoms with Crippen LogP contribution in [0.4, 0.5) is 5.69 Å². The van der Waals surface area contributed by atoms with E-state index in [4.69, 9.17) is 20.0 Å². The summed E-state index contributed by atoms with van der Waals surface area (Å²) >= 11 is 0. The van der Waals surface area contributed by atoms with Crippen LogP contribution in [0.5, 0.6) is 0 Å². The lowest BCUT2D eigenvalue weighted by atomic mass is 9.87. The standard InChI is InChI=1S/C42H31N5/c1-26-23-38(30-18-21-43-22-19-30)46-40-25-34(12-15-35(26)40)37-16-13-29-8-11-33(24-39(29)45-37)27-4-6-28(7-5-27)36-17-14-32-10-9-31-3-2-20-44-41(31)42(32)47-36/h2-22,24-26,31,41H,23H2,1H3. The number of allylic oxidation sites excluding steroid dienone is 1. The van der Waals surface area contributed by atoms with Crippen LogP contribution in [0.3, 0.4) is 0 Å². The van der Waals surface area contributed by atoms with Crippen molar-refractivity contribution in [2.24, 2.45) is 15.9 Å². The van der Waals surface area contributed by atoms with Gasteiger partial charge in [0.2, 0.25) is 0 Å². The molecular weight excluding hydrogens is 574 g/mol. The van der Waals surface area contributed by atoms with E-state index in [0.717, 1.165) is 79.2 Å². The maximum Gasteiger partial charge on any atom is 0.102 e. The van der Waals surface area contributed by atoms with Crippen LogP contribution in [-0.2, 0) is 0 Å². The molecule has 0 saturated heterocycles. The Morgan fingerprint density at radius 2 is 1.43 bits per heavy atom. The third kappa shape index (κ3) is 5.01. The van der Waals surface area contributed by atoms with Crippen molar-refractivity contribution in [2.45, 2.75) is 25.3 Å². The zero-order valence-electron chi connectivity index (χ0n) is 26.0. The monoisotopic (exact) mass is 605 g/mol. The van der Waals surface area contributed by atoms with Gasteiger partial charge in [0.25, 0.3) is 0 Å². The van der Waals surface area contributed by atoms with Crippen LogP contribution in [0.2, 0.25) is 0 Å². The lowest BCUT2D eigenvalue weighted by Crippen LogP contribution is -2.16. The number of dihydropyridines is 1. The minimum absolute atomic E-state index is 0.0522. The first-order chi connectivity index (χ1) is 23.2. The Kier molecular flexibility index (Phi) is 6.56. The first-order valence-corrected chi connectivity index (χ1v) is 16.2. The third-order valence-corrected chi connectivity index (χ3v) is 9.60. The first-order valence-electron chi connectivity index (χ1n) is 16.2. The third-order valence-electron chi connectivity index (χ3n) is 9.60. The average Bonchev–Trinajstić information content (AvgIpc) is 3.14. The van der Waals surface area contributed by atoms with E-state index in [2.05, 4.69) is 115 Å². The van der Waals surface area contributed by atoms with Crippen molar-refractivity contribution in [1.29, 1.82) is 0 Å². The Hall–Kier alpha value is -5.81. The summed E-state index contributed by atoms with van der Waals surface area (Å²) in [6.07, 6.45) is 15.1. The molecule has 0 saturated carbocycles. The molecule has 6 aromatic rings. The Balaban J connectivity index is 1.01. The summed E-state index contributed by atoms with van der Waals surface area (Å²) in [5.74, 6) is 0.670. The van der Waals surface area contributed by atoms with E-state index in [1.807, 2.05) is 36.8 Å². The van der Waals surface area contributed by atoms with Crippen molar-refractivity contribution in [3.05, 3.63) is 150 Å². The predicted octanol–water partition coefficient (Wildman–Crippen LogP) is 9.98. The molecule has 3 aromatic heterocycles. The lowest BCUT2D eigenvalue weighted by molar-refractivity contribution is 0.594. The van der Waals surface area contributed by atoms with Crippen LogP contribution < -0.4 is 0 Å². The molecule has 2 aliphatic heterocycles. The number of rotatable bonds is 4. The largest absolute Gasteiger partial charge is 0.282 e. The average molecular weight is 606 g/mol. The maximum absolute atomic E-state index is 5.13. The Morgan fingerprint density at radius 3 is 2.32 bits per heavy atom. The molecule has 224 valence electrons. The zero-order valence-corrected chi connectivity index (χ0v) is 26.0. The van der Waals surface area contributed by atoms with E-state index in [9.17, 15) is 0 Å². The summed E-state index contributed by atoms with van der Waals surface area (Å²) in [6, 6.07) is 34.4. The number of fused-ring (bicyclic) bond motifs is 5. The number of hydrogen-bond donors (Lipinski definition) is 0. The van der Waals surface area contributed by atoms with E-state index in [1.165, 1.54) is 5.56 Å². The van der Waals surface area contributed by atoms with E-state index >= 15 is 0 Å². The minimum Gasteiger partial charge on any atom is -0.282 e. The second-order valence-corrected chi connectivity index (χ2v) is 12.6. The van der Waals surface area contributed by atoms with Crippen molar-refractivity contribution in [3.8, 4) is 33.6 Å². The number of aromatic nitrogens is 3. The number of benzene rings is 3. The quantitative estimate of drug-likeness (QED) is 0.201. The normalized spacial score (nSPS) is 19.2. The van der Waals surface area contributed by atoms with Crippen molar-refractivity contribution in [3.63, 3.8) is 0 Å². The molecule has 0 spiro atoms. The van der Waals surface area contributed by atoms with E-state index in [0.29, 0.717) is 5.92 Å². The molecular formula is C42H31N5. The number of nitrogens with zero attached hydrogens (tertiary/aromatic N) is 5. The van der Waals surface area contributed by atoms with Crippen LogP contribution in [0, 0.1) is 5.92 Å². The van der Waals surface area contributed by atoms with Gasteiger partial charge in [-0.15, -0.1) is 0 Å². The van der Waals surface area contributed by atoms with Crippen molar-refractivity contribution >= 4 is 34.6 Å². The second kappa shape index (κ2) is 11.2. The molecule has 0 N–H and O–H groups in total. The van der Waals surface area contributed by atoms with Gasteiger partial charge >= 0.3 is 0 Å². The van der Waals surface area contributed by atoms with Gasteiger partial charge in [-0.25, -0.2) is 9.97 Å². The number of aliphatic imine (C=N–C) groups is 2. The zero-order chi connectivity index (χ0) is 31.3. The number of pyridine rings is 3. The van der Waals surface area contributed by atoms with Crippen LogP contribution in [0.25, 0.3) is 50.6 Å². The lowest BCUT2D eigenvalue weighted by Gasteiger charge is -2.25. The van der Waals surface area contributed by atoms with Gasteiger partial charge in [-0.3, -0.25) is 15.0 Å². The molecule has 5 nitrogen and oxygen atoms in total. The highest BCUT2D eigenvalue weighted by Crippen LogP contribution is 2.39. The molecule has 5 heterocycles. The van der Waals surface area contributed by atoms with Crippen LogP contribution >= 0.6 is 0 Å². The Bertz CT molecular complexity index is 2300. The van der Waals surface area contributed by atoms with Gasteiger partial charge in [-0.2, -0.15) is 0 Å².